The average Bonchev–Trinajstić information content (AvgIpc) is 2.64. The molecule has 12 nitrogen and oxygen atoms in total. The van der Waals surface area contributed by atoms with Gasteiger partial charge in [-0.2, -0.15) is 10.2 Å². The van der Waals surface area contributed by atoms with Crippen LogP contribution in [-0.4, -0.2) is 49.2 Å². The van der Waals surface area contributed by atoms with Crippen molar-refractivity contribution in [3.8, 4) is 5.69 Å². The lowest BCUT2D eigenvalue weighted by Gasteiger charge is -2.19. The Morgan fingerprint density at radius 2 is 1.70 bits per heavy atom. The summed E-state index contributed by atoms with van der Waals surface area (Å²) in [4.78, 5) is 59.4. The van der Waals surface area contributed by atoms with Gasteiger partial charge in [0, 0.05) is 32.4 Å². The largest absolute Gasteiger partial charge is 0.351 e. The predicted molar refractivity (Wildman–Crippen MR) is 90.7 cm³/mol. The van der Waals surface area contributed by atoms with Crippen molar-refractivity contribution in [2.75, 3.05) is 7.05 Å². The highest BCUT2D eigenvalue weighted by Gasteiger charge is 2.35. The van der Waals surface area contributed by atoms with Crippen LogP contribution in [0.25, 0.3) is 5.69 Å². The summed E-state index contributed by atoms with van der Waals surface area (Å²) in [7, 11) is 2.56. The molecule has 1 aromatic carbocycles. The molecule has 1 atom stereocenters. The van der Waals surface area contributed by atoms with Gasteiger partial charge >= 0.3 is 11.6 Å². The first-order chi connectivity index (χ1) is 12.7. The van der Waals surface area contributed by atoms with Gasteiger partial charge in [-0.25, -0.2) is 19.1 Å². The topological polar surface area (TPSA) is 150 Å². The molecule has 0 radical (unpaired) electrons. The molecule has 2 aromatic rings. The molecule has 12 heteroatoms. The molecular weight excluding hydrogens is 360 g/mol. The van der Waals surface area contributed by atoms with E-state index in [0.29, 0.717) is 0 Å². The number of rotatable bonds is 3. The van der Waals surface area contributed by atoms with Gasteiger partial charge in [0.05, 0.1) is 10.6 Å². The molecule has 138 valence electrons. The quantitative estimate of drug-likeness (QED) is 0.379. The second kappa shape index (κ2) is 6.40. The van der Waals surface area contributed by atoms with Crippen LogP contribution in [0.2, 0.25) is 0 Å². The highest BCUT2D eigenvalue weighted by Crippen LogP contribution is 2.16. The number of benzene rings is 1. The van der Waals surface area contributed by atoms with E-state index in [2.05, 4.69) is 10.2 Å². The number of nitro groups is 1. The Labute approximate surface area is 150 Å². The second-order valence-corrected chi connectivity index (χ2v) is 5.64. The van der Waals surface area contributed by atoms with Crippen molar-refractivity contribution in [2.24, 2.45) is 12.1 Å². The van der Waals surface area contributed by atoms with Gasteiger partial charge in [-0.05, 0) is 12.1 Å². The van der Waals surface area contributed by atoms with Crippen LogP contribution < -0.4 is 11.2 Å². The van der Waals surface area contributed by atoms with E-state index in [4.69, 9.17) is 0 Å². The van der Waals surface area contributed by atoms with Crippen LogP contribution in [0.1, 0.15) is 11.6 Å². The lowest BCUT2D eigenvalue weighted by Crippen LogP contribution is -2.46. The SMILES string of the molecule is CN1N=CC(c2nn(C)c(=O)n(-c3ccc([N+](=O)[O-])cc3)c2=O)C(=O)C1=O. The van der Waals surface area contributed by atoms with Crippen molar-refractivity contribution in [1.82, 2.24) is 19.4 Å². The van der Waals surface area contributed by atoms with Crippen LogP contribution in [0.4, 0.5) is 5.69 Å². The van der Waals surface area contributed by atoms with Crippen molar-refractivity contribution in [2.45, 2.75) is 5.92 Å². The van der Waals surface area contributed by atoms with Crippen molar-refractivity contribution >= 4 is 23.6 Å². The summed E-state index contributed by atoms with van der Waals surface area (Å²) >= 11 is 0. The molecular formula is C15H12N6O6. The molecule has 0 N–H and O–H groups in total. The molecule has 0 saturated carbocycles. The minimum Gasteiger partial charge on any atom is -0.287 e. The number of Topliss-reactive ketones (excluding diaryl/α,β-unsaturated/α-hetero) is 1. The van der Waals surface area contributed by atoms with Crippen molar-refractivity contribution in [3.05, 3.63) is 60.9 Å². The van der Waals surface area contributed by atoms with Crippen LogP contribution in [0.3, 0.4) is 0 Å². The van der Waals surface area contributed by atoms with Crippen molar-refractivity contribution in [1.29, 1.82) is 0 Å². The van der Waals surface area contributed by atoms with Gasteiger partial charge in [-0.15, -0.1) is 0 Å². The summed E-state index contributed by atoms with van der Waals surface area (Å²) in [5.74, 6) is -3.16. The number of hydrazone groups is 1. The maximum absolute atomic E-state index is 12.8. The summed E-state index contributed by atoms with van der Waals surface area (Å²) in [5, 5.41) is 19.1. The number of non-ortho nitro benzene ring substituents is 1. The van der Waals surface area contributed by atoms with Gasteiger partial charge in [0.1, 0.15) is 11.6 Å². The normalized spacial score (nSPS) is 16.7. The fourth-order valence-electron chi connectivity index (χ4n) is 2.51. The van der Waals surface area contributed by atoms with E-state index in [1.807, 2.05) is 0 Å². The second-order valence-electron chi connectivity index (χ2n) is 5.64. The fourth-order valence-corrected chi connectivity index (χ4v) is 2.51. The number of hydrogen-bond donors (Lipinski definition) is 0. The molecule has 1 aromatic heterocycles. The van der Waals surface area contributed by atoms with Crippen LogP contribution in [0.15, 0.2) is 39.0 Å². The van der Waals surface area contributed by atoms with E-state index in [1.165, 1.54) is 26.2 Å². The Bertz CT molecular complexity index is 1110. The predicted octanol–water partition coefficient (Wildman–Crippen LogP) is -1.05. The Morgan fingerprint density at radius 1 is 1.07 bits per heavy atom. The number of nitro benzene ring substituents is 1. The van der Waals surface area contributed by atoms with Crippen LogP contribution in [0.5, 0.6) is 0 Å². The molecule has 0 fully saturated rings. The number of aromatic nitrogens is 3. The Morgan fingerprint density at radius 3 is 2.30 bits per heavy atom. The smallest absolute Gasteiger partial charge is 0.287 e. The zero-order valence-corrected chi connectivity index (χ0v) is 14.1. The Hall–Kier alpha value is -3.96. The highest BCUT2D eigenvalue weighted by molar-refractivity contribution is 6.42. The minimum atomic E-state index is -1.34. The first-order valence-electron chi connectivity index (χ1n) is 7.53. The van der Waals surface area contributed by atoms with E-state index in [0.717, 1.165) is 32.6 Å². The molecule has 1 amide bonds. The molecule has 1 unspecified atom stereocenters. The highest BCUT2D eigenvalue weighted by atomic mass is 16.6. The number of ketones is 1. The van der Waals surface area contributed by atoms with E-state index in [9.17, 15) is 29.3 Å². The number of likely N-dealkylation sites (N-methyl/N-ethyl adjacent to an activating group) is 1. The summed E-state index contributed by atoms with van der Waals surface area (Å²) in [6, 6.07) is 4.71. The van der Waals surface area contributed by atoms with E-state index >= 15 is 0 Å². The number of hydrogen-bond acceptors (Lipinski definition) is 8. The Balaban J connectivity index is 2.20. The molecule has 3 rings (SSSR count). The molecule has 1 aliphatic rings. The van der Waals surface area contributed by atoms with Crippen LogP contribution >= 0.6 is 0 Å². The van der Waals surface area contributed by atoms with Gasteiger partial charge in [-0.3, -0.25) is 24.5 Å². The van der Waals surface area contributed by atoms with Crippen LogP contribution in [0, 0.1) is 10.1 Å². The number of aryl methyl sites for hydroxylation is 1. The maximum atomic E-state index is 12.8. The van der Waals surface area contributed by atoms with E-state index < -0.39 is 33.8 Å². The number of amides is 1. The van der Waals surface area contributed by atoms with E-state index in [-0.39, 0.29) is 17.1 Å². The van der Waals surface area contributed by atoms with Gasteiger partial charge in [0.15, 0.2) is 0 Å². The monoisotopic (exact) mass is 372 g/mol. The third-order valence-corrected chi connectivity index (χ3v) is 3.94. The van der Waals surface area contributed by atoms with Gasteiger partial charge in [-0.1, -0.05) is 0 Å². The molecule has 2 heterocycles. The zero-order chi connectivity index (χ0) is 19.9. The first kappa shape index (κ1) is 17.8. The van der Waals surface area contributed by atoms with E-state index in [1.54, 1.807) is 0 Å². The standard InChI is InChI=1S/C15H12N6O6/c1-18-14(24)12(22)10(7-16-18)11-13(23)20(15(25)19(2)17-11)8-3-5-9(6-4-8)21(26)27/h3-7,10H,1-2H3. The minimum absolute atomic E-state index is 0.0542. The molecule has 27 heavy (non-hydrogen) atoms. The Kier molecular flexibility index (Phi) is 4.23. The fraction of sp³-hybridized carbons (Fsp3) is 0.200. The average molecular weight is 372 g/mol. The van der Waals surface area contributed by atoms with Gasteiger partial charge in [0.25, 0.3) is 11.2 Å². The molecule has 0 bridgehead atoms. The summed E-state index contributed by atoms with van der Waals surface area (Å²) in [6.45, 7) is 0. The lowest BCUT2D eigenvalue weighted by molar-refractivity contribution is -0.384. The first-order valence-corrected chi connectivity index (χ1v) is 7.53. The van der Waals surface area contributed by atoms with Crippen molar-refractivity contribution in [3.63, 3.8) is 0 Å². The third kappa shape index (κ3) is 2.92. The number of carbonyl (C=O) groups is 2. The summed E-state index contributed by atoms with van der Waals surface area (Å²) in [5.41, 5.74) is -2.26. The maximum Gasteiger partial charge on any atom is 0.351 e. The summed E-state index contributed by atoms with van der Waals surface area (Å²) < 4.78 is 1.55. The zero-order valence-electron chi connectivity index (χ0n) is 14.1. The summed E-state index contributed by atoms with van der Waals surface area (Å²) in [6.07, 6.45) is 1.10. The van der Waals surface area contributed by atoms with Crippen LogP contribution in [-0.2, 0) is 16.6 Å². The third-order valence-electron chi connectivity index (χ3n) is 3.94. The molecule has 0 spiro atoms. The molecule has 1 aliphatic heterocycles. The number of carbonyl (C=O) groups excluding carboxylic acids is 2. The molecule has 0 aliphatic carbocycles. The van der Waals surface area contributed by atoms with Crippen molar-refractivity contribution < 1.29 is 14.5 Å². The number of nitrogens with zero attached hydrogens (tertiary/aromatic N) is 6. The van der Waals surface area contributed by atoms with Gasteiger partial charge in [0.2, 0.25) is 5.78 Å². The van der Waals surface area contributed by atoms with Gasteiger partial charge < -0.3 is 0 Å². The molecule has 0 saturated heterocycles. The lowest BCUT2D eigenvalue weighted by atomic mass is 10.00.